The highest BCUT2D eigenvalue weighted by molar-refractivity contribution is 7.98. The number of carbonyl (C=O) groups excluding carboxylic acids is 1. The van der Waals surface area contributed by atoms with Gasteiger partial charge in [0.05, 0.1) is 12.2 Å². The lowest BCUT2D eigenvalue weighted by molar-refractivity contribution is -0.116. The Hall–Kier alpha value is -3.06. The van der Waals surface area contributed by atoms with E-state index in [4.69, 9.17) is 4.74 Å². The number of hydrogen-bond donors (Lipinski definition) is 2. The molecule has 1 atom stereocenters. The number of thioether (sulfide) groups is 1. The maximum absolute atomic E-state index is 13.1. The molecule has 2 aromatic carbocycles. The van der Waals surface area contributed by atoms with Gasteiger partial charge in [-0.15, -0.1) is 0 Å². The molecule has 32 heavy (non-hydrogen) atoms. The average molecular weight is 450 g/mol. The third-order valence-corrected chi connectivity index (χ3v) is 6.53. The molecular weight excluding hydrogens is 422 g/mol. The number of hydrogen-bond acceptors (Lipinski definition) is 5. The Kier molecular flexibility index (Phi) is 6.95. The molecule has 1 aliphatic rings. The standard InChI is InChI=1S/C25H27N3O3S/c1-3-4-13-31-20-12-8-7-11-18(20)19-14-21(29)26-23-22(19)24(30)28-25(27-23)32-15-17-10-6-5-9-16(17)2/h5-12,19H,3-4,13-15H2,1-2H3,(H2,26,27,28,29,30). The lowest BCUT2D eigenvalue weighted by Gasteiger charge is -2.26. The number of benzene rings is 2. The van der Waals surface area contributed by atoms with E-state index in [0.29, 0.717) is 34.6 Å². The lowest BCUT2D eigenvalue weighted by atomic mass is 9.86. The van der Waals surface area contributed by atoms with E-state index in [2.05, 4.69) is 41.3 Å². The van der Waals surface area contributed by atoms with E-state index >= 15 is 0 Å². The van der Waals surface area contributed by atoms with Crippen LogP contribution in [0.1, 0.15) is 54.4 Å². The van der Waals surface area contributed by atoms with Crippen molar-refractivity contribution < 1.29 is 9.53 Å². The zero-order valence-corrected chi connectivity index (χ0v) is 19.1. The van der Waals surface area contributed by atoms with Crippen LogP contribution < -0.4 is 15.6 Å². The fourth-order valence-electron chi connectivity index (χ4n) is 3.83. The molecule has 1 unspecified atom stereocenters. The number of fused-ring (bicyclic) bond motifs is 1. The molecule has 0 spiro atoms. The maximum Gasteiger partial charge on any atom is 0.257 e. The summed E-state index contributed by atoms with van der Waals surface area (Å²) in [6.45, 7) is 4.77. The van der Waals surface area contributed by atoms with E-state index < -0.39 is 5.92 Å². The third-order valence-electron chi connectivity index (χ3n) is 5.60. The van der Waals surface area contributed by atoms with Crippen molar-refractivity contribution in [1.82, 2.24) is 9.97 Å². The van der Waals surface area contributed by atoms with Gasteiger partial charge in [-0.05, 0) is 30.5 Å². The summed E-state index contributed by atoms with van der Waals surface area (Å²) in [6, 6.07) is 15.7. The summed E-state index contributed by atoms with van der Waals surface area (Å²) < 4.78 is 5.97. The first-order chi connectivity index (χ1) is 15.6. The molecule has 1 aromatic heterocycles. The first kappa shape index (κ1) is 22.1. The Labute approximate surface area is 191 Å². The zero-order valence-electron chi connectivity index (χ0n) is 18.3. The molecule has 0 aliphatic carbocycles. The molecule has 0 radical (unpaired) electrons. The highest BCUT2D eigenvalue weighted by Crippen LogP contribution is 2.38. The molecule has 6 nitrogen and oxygen atoms in total. The van der Waals surface area contributed by atoms with Gasteiger partial charge < -0.3 is 15.0 Å². The number of anilines is 1. The van der Waals surface area contributed by atoms with Crippen molar-refractivity contribution >= 4 is 23.5 Å². The second kappa shape index (κ2) is 10.0. The number of aryl methyl sites for hydroxylation is 1. The molecule has 0 saturated carbocycles. The number of nitrogens with zero attached hydrogens (tertiary/aromatic N) is 1. The number of unbranched alkanes of at least 4 members (excludes halogenated alkanes) is 1. The van der Waals surface area contributed by atoms with Gasteiger partial charge in [-0.1, -0.05) is 67.6 Å². The van der Waals surface area contributed by atoms with Gasteiger partial charge in [0, 0.05) is 23.7 Å². The third kappa shape index (κ3) is 4.88. The molecule has 4 rings (SSSR count). The molecule has 7 heteroatoms. The highest BCUT2D eigenvalue weighted by atomic mass is 32.2. The SMILES string of the molecule is CCCCOc1ccccc1C1CC(=O)Nc2nc(SCc3ccccc3C)[nH]c(=O)c21. The van der Waals surface area contributed by atoms with Crippen LogP contribution in [-0.2, 0) is 10.5 Å². The summed E-state index contributed by atoms with van der Waals surface area (Å²) in [4.78, 5) is 33.1. The number of ether oxygens (including phenoxy) is 1. The fourth-order valence-corrected chi connectivity index (χ4v) is 4.77. The molecule has 3 aromatic rings. The summed E-state index contributed by atoms with van der Waals surface area (Å²) >= 11 is 1.45. The molecule has 1 aliphatic heterocycles. The van der Waals surface area contributed by atoms with Crippen LogP contribution in [0.5, 0.6) is 5.75 Å². The Bertz CT molecular complexity index is 1180. The smallest absolute Gasteiger partial charge is 0.257 e. The van der Waals surface area contributed by atoms with Crippen molar-refractivity contribution in [3.63, 3.8) is 0 Å². The van der Waals surface area contributed by atoms with Gasteiger partial charge in [-0.3, -0.25) is 9.59 Å². The number of nitrogens with one attached hydrogen (secondary N) is 2. The molecule has 2 heterocycles. The van der Waals surface area contributed by atoms with Crippen LogP contribution in [0.3, 0.4) is 0 Å². The fraction of sp³-hybridized carbons (Fsp3) is 0.320. The minimum absolute atomic E-state index is 0.154. The first-order valence-electron chi connectivity index (χ1n) is 10.9. The van der Waals surface area contributed by atoms with E-state index in [1.165, 1.54) is 22.9 Å². The van der Waals surface area contributed by atoms with Gasteiger partial charge in [0.1, 0.15) is 11.6 Å². The number of para-hydroxylation sites is 1. The Morgan fingerprint density at radius 2 is 1.91 bits per heavy atom. The number of amides is 1. The normalized spacial score (nSPS) is 15.2. The zero-order chi connectivity index (χ0) is 22.5. The van der Waals surface area contributed by atoms with Crippen LogP contribution in [0.2, 0.25) is 0 Å². The highest BCUT2D eigenvalue weighted by Gasteiger charge is 2.32. The number of aromatic nitrogens is 2. The van der Waals surface area contributed by atoms with Crippen LogP contribution in [0, 0.1) is 6.92 Å². The van der Waals surface area contributed by atoms with E-state index in [1.807, 2.05) is 36.4 Å². The Morgan fingerprint density at radius 3 is 2.72 bits per heavy atom. The van der Waals surface area contributed by atoms with Gasteiger partial charge in [0.25, 0.3) is 5.56 Å². The van der Waals surface area contributed by atoms with Gasteiger partial charge in [-0.25, -0.2) is 4.98 Å². The minimum atomic E-state index is -0.400. The molecule has 0 saturated heterocycles. The molecule has 0 fully saturated rings. The van der Waals surface area contributed by atoms with Gasteiger partial charge in [-0.2, -0.15) is 0 Å². The average Bonchev–Trinajstić information content (AvgIpc) is 2.78. The van der Waals surface area contributed by atoms with E-state index in [0.717, 1.165) is 18.4 Å². The van der Waals surface area contributed by atoms with Gasteiger partial charge in [0.2, 0.25) is 5.91 Å². The molecule has 2 N–H and O–H groups in total. The second-order valence-corrected chi connectivity index (χ2v) is 8.86. The van der Waals surface area contributed by atoms with Crippen molar-refractivity contribution in [2.24, 2.45) is 0 Å². The Morgan fingerprint density at radius 1 is 1.12 bits per heavy atom. The molecule has 166 valence electrons. The number of carbonyl (C=O) groups is 1. The first-order valence-corrected chi connectivity index (χ1v) is 11.9. The summed E-state index contributed by atoms with van der Waals surface area (Å²) in [6.07, 6.45) is 2.16. The molecule has 1 amide bonds. The second-order valence-electron chi connectivity index (χ2n) is 7.89. The number of rotatable bonds is 8. The topological polar surface area (TPSA) is 84.1 Å². The van der Waals surface area contributed by atoms with Crippen LogP contribution in [0.4, 0.5) is 5.82 Å². The summed E-state index contributed by atoms with van der Waals surface area (Å²) in [5, 5.41) is 3.29. The van der Waals surface area contributed by atoms with Gasteiger partial charge in [0.15, 0.2) is 5.16 Å². The largest absolute Gasteiger partial charge is 0.493 e. The van der Waals surface area contributed by atoms with Crippen LogP contribution >= 0.6 is 11.8 Å². The Balaban J connectivity index is 1.64. The maximum atomic E-state index is 13.1. The quantitative estimate of drug-likeness (QED) is 0.286. The van der Waals surface area contributed by atoms with E-state index in [1.54, 1.807) is 0 Å². The molecular formula is C25H27N3O3S. The van der Waals surface area contributed by atoms with Crippen molar-refractivity contribution in [2.45, 2.75) is 49.9 Å². The van der Waals surface area contributed by atoms with E-state index in [9.17, 15) is 9.59 Å². The van der Waals surface area contributed by atoms with Crippen molar-refractivity contribution in [2.75, 3.05) is 11.9 Å². The lowest BCUT2D eigenvalue weighted by Crippen LogP contribution is -2.31. The van der Waals surface area contributed by atoms with Crippen LogP contribution in [0.15, 0.2) is 58.5 Å². The predicted octanol–water partition coefficient (Wildman–Crippen LogP) is 5.02. The van der Waals surface area contributed by atoms with Crippen LogP contribution in [0.25, 0.3) is 0 Å². The van der Waals surface area contributed by atoms with Crippen molar-refractivity contribution in [1.29, 1.82) is 0 Å². The minimum Gasteiger partial charge on any atom is -0.493 e. The monoisotopic (exact) mass is 449 g/mol. The van der Waals surface area contributed by atoms with Crippen LogP contribution in [-0.4, -0.2) is 22.5 Å². The number of H-pyrrole nitrogens is 1. The summed E-state index contributed by atoms with van der Waals surface area (Å²) in [7, 11) is 0. The number of aromatic amines is 1. The predicted molar refractivity (Wildman–Crippen MR) is 128 cm³/mol. The summed E-state index contributed by atoms with van der Waals surface area (Å²) in [5.74, 6) is 1.18. The van der Waals surface area contributed by atoms with Crippen molar-refractivity contribution in [3.05, 3.63) is 81.1 Å². The van der Waals surface area contributed by atoms with Gasteiger partial charge >= 0.3 is 0 Å². The van der Waals surface area contributed by atoms with E-state index in [-0.39, 0.29) is 17.9 Å². The summed E-state index contributed by atoms with van der Waals surface area (Å²) in [5.41, 5.74) is 3.46. The molecule has 0 bridgehead atoms. The van der Waals surface area contributed by atoms with Crippen molar-refractivity contribution in [3.8, 4) is 5.75 Å².